The van der Waals surface area contributed by atoms with Gasteiger partial charge in [0, 0.05) is 18.2 Å². The minimum atomic E-state index is -0.0702. The maximum absolute atomic E-state index is 12.0. The third kappa shape index (κ3) is 7.51. The monoisotopic (exact) mass is 444 g/mol. The summed E-state index contributed by atoms with van der Waals surface area (Å²) in [5, 5.41) is 6.17. The van der Waals surface area contributed by atoms with Gasteiger partial charge in [-0.15, -0.1) is 24.0 Å². The SMILES string of the molecule is Cc1cccc(C(=O)NCCN=C(N)NC2CCCCCC2)c1.I. The van der Waals surface area contributed by atoms with Gasteiger partial charge in [-0.2, -0.15) is 0 Å². The second-order valence-electron chi connectivity index (χ2n) is 6.23. The molecule has 4 N–H and O–H groups in total. The summed E-state index contributed by atoms with van der Waals surface area (Å²) in [4.78, 5) is 16.3. The second-order valence-corrected chi connectivity index (χ2v) is 6.23. The van der Waals surface area contributed by atoms with Crippen molar-refractivity contribution in [3.05, 3.63) is 35.4 Å². The Bertz CT molecular complexity index is 540. The van der Waals surface area contributed by atoms with Gasteiger partial charge in [-0.1, -0.05) is 43.4 Å². The number of aryl methyl sites for hydroxylation is 1. The highest BCUT2D eigenvalue weighted by Gasteiger charge is 2.12. The molecule has 0 radical (unpaired) electrons. The molecule has 1 aromatic carbocycles. The number of amides is 1. The fraction of sp³-hybridized carbons (Fsp3) is 0.556. The molecule has 1 fully saturated rings. The lowest BCUT2D eigenvalue weighted by molar-refractivity contribution is 0.0954. The Morgan fingerprint density at radius 3 is 2.62 bits per heavy atom. The van der Waals surface area contributed by atoms with Crippen molar-refractivity contribution in [3.63, 3.8) is 0 Å². The predicted molar refractivity (Wildman–Crippen MR) is 110 cm³/mol. The van der Waals surface area contributed by atoms with Crippen LogP contribution in [0.25, 0.3) is 0 Å². The summed E-state index contributed by atoms with van der Waals surface area (Å²) >= 11 is 0. The summed E-state index contributed by atoms with van der Waals surface area (Å²) in [6.45, 7) is 2.95. The average Bonchev–Trinajstić information content (AvgIpc) is 2.80. The number of halogens is 1. The third-order valence-corrected chi connectivity index (χ3v) is 4.17. The Labute approximate surface area is 161 Å². The van der Waals surface area contributed by atoms with E-state index in [0.717, 1.165) is 5.56 Å². The molecule has 0 bridgehead atoms. The average molecular weight is 444 g/mol. The van der Waals surface area contributed by atoms with E-state index in [9.17, 15) is 4.79 Å². The van der Waals surface area contributed by atoms with Crippen LogP contribution in [-0.2, 0) is 0 Å². The summed E-state index contributed by atoms with van der Waals surface area (Å²) in [5.74, 6) is 0.418. The van der Waals surface area contributed by atoms with Crippen LogP contribution >= 0.6 is 24.0 Å². The lowest BCUT2D eigenvalue weighted by Gasteiger charge is -2.16. The van der Waals surface area contributed by atoms with Crippen molar-refractivity contribution in [1.82, 2.24) is 10.6 Å². The van der Waals surface area contributed by atoms with Crippen molar-refractivity contribution in [1.29, 1.82) is 0 Å². The van der Waals surface area contributed by atoms with Gasteiger partial charge in [-0.05, 0) is 31.9 Å². The maximum atomic E-state index is 12.0. The number of benzene rings is 1. The van der Waals surface area contributed by atoms with Gasteiger partial charge in [-0.25, -0.2) is 0 Å². The van der Waals surface area contributed by atoms with E-state index >= 15 is 0 Å². The number of carbonyl (C=O) groups excluding carboxylic acids is 1. The van der Waals surface area contributed by atoms with E-state index in [1.165, 1.54) is 38.5 Å². The van der Waals surface area contributed by atoms with Crippen LogP contribution in [0.4, 0.5) is 0 Å². The number of nitrogens with zero attached hydrogens (tertiary/aromatic N) is 1. The molecule has 1 aliphatic carbocycles. The Morgan fingerprint density at radius 1 is 1.25 bits per heavy atom. The van der Waals surface area contributed by atoms with E-state index in [2.05, 4.69) is 15.6 Å². The predicted octanol–water partition coefficient (Wildman–Crippen LogP) is 2.97. The number of hydrogen-bond acceptors (Lipinski definition) is 2. The minimum Gasteiger partial charge on any atom is -0.370 e. The lowest BCUT2D eigenvalue weighted by Crippen LogP contribution is -2.40. The number of aliphatic imine (C=N–C) groups is 1. The molecule has 0 aromatic heterocycles. The van der Waals surface area contributed by atoms with Crippen molar-refractivity contribution in [2.75, 3.05) is 13.1 Å². The van der Waals surface area contributed by atoms with Crippen LogP contribution in [0.2, 0.25) is 0 Å². The standard InChI is InChI=1S/C18H28N4O.HI/c1-14-7-6-8-15(13-14)17(23)20-11-12-21-18(19)22-16-9-4-2-3-5-10-16;/h6-8,13,16H,2-5,9-12H2,1H3,(H,20,23)(H3,19,21,22);1H. The zero-order valence-electron chi connectivity index (χ0n) is 14.4. The fourth-order valence-corrected chi connectivity index (χ4v) is 2.91. The van der Waals surface area contributed by atoms with Crippen molar-refractivity contribution in [2.45, 2.75) is 51.5 Å². The van der Waals surface area contributed by atoms with Crippen molar-refractivity contribution >= 4 is 35.8 Å². The Morgan fingerprint density at radius 2 is 1.96 bits per heavy atom. The molecule has 5 nitrogen and oxygen atoms in total. The molecule has 2 rings (SSSR count). The quantitative estimate of drug-likeness (QED) is 0.215. The molecule has 134 valence electrons. The van der Waals surface area contributed by atoms with Crippen LogP contribution in [0, 0.1) is 6.92 Å². The molecular formula is C18H29IN4O. The molecule has 0 atom stereocenters. The van der Waals surface area contributed by atoms with Crippen LogP contribution in [0.1, 0.15) is 54.4 Å². The van der Waals surface area contributed by atoms with Crippen molar-refractivity contribution in [2.24, 2.45) is 10.7 Å². The van der Waals surface area contributed by atoms with Crippen LogP contribution < -0.4 is 16.4 Å². The van der Waals surface area contributed by atoms with Crippen LogP contribution in [0.15, 0.2) is 29.3 Å². The number of hydrogen-bond donors (Lipinski definition) is 3. The molecule has 24 heavy (non-hydrogen) atoms. The molecule has 0 unspecified atom stereocenters. The highest BCUT2D eigenvalue weighted by Crippen LogP contribution is 2.16. The van der Waals surface area contributed by atoms with E-state index in [0.29, 0.717) is 30.7 Å². The zero-order chi connectivity index (χ0) is 16.5. The molecule has 6 heteroatoms. The van der Waals surface area contributed by atoms with Gasteiger partial charge in [0.2, 0.25) is 0 Å². The minimum absolute atomic E-state index is 0. The second kappa shape index (κ2) is 11.3. The maximum Gasteiger partial charge on any atom is 0.251 e. The molecule has 1 saturated carbocycles. The van der Waals surface area contributed by atoms with Gasteiger partial charge in [0.1, 0.15) is 0 Å². The van der Waals surface area contributed by atoms with Crippen molar-refractivity contribution in [3.8, 4) is 0 Å². The first kappa shape index (κ1) is 20.7. The van der Waals surface area contributed by atoms with E-state index in [-0.39, 0.29) is 29.9 Å². The molecule has 1 amide bonds. The summed E-state index contributed by atoms with van der Waals surface area (Å²) in [6.07, 6.45) is 7.50. The van der Waals surface area contributed by atoms with E-state index < -0.39 is 0 Å². The number of guanidine groups is 1. The molecular weight excluding hydrogens is 415 g/mol. The first-order valence-corrected chi connectivity index (χ1v) is 8.56. The van der Waals surface area contributed by atoms with Crippen LogP contribution in [0.3, 0.4) is 0 Å². The summed E-state index contributed by atoms with van der Waals surface area (Å²) in [5.41, 5.74) is 7.69. The Hall–Kier alpha value is -1.31. The first-order valence-electron chi connectivity index (χ1n) is 8.56. The van der Waals surface area contributed by atoms with Crippen LogP contribution in [0.5, 0.6) is 0 Å². The lowest BCUT2D eigenvalue weighted by atomic mass is 10.1. The first-order chi connectivity index (χ1) is 11.1. The molecule has 0 aliphatic heterocycles. The molecule has 1 aromatic rings. The molecule has 0 spiro atoms. The van der Waals surface area contributed by atoms with Crippen molar-refractivity contribution < 1.29 is 4.79 Å². The Balaban J connectivity index is 0.00000288. The number of nitrogens with one attached hydrogen (secondary N) is 2. The van der Waals surface area contributed by atoms with Gasteiger partial charge in [0.05, 0.1) is 6.54 Å². The largest absolute Gasteiger partial charge is 0.370 e. The van der Waals surface area contributed by atoms with Gasteiger partial charge >= 0.3 is 0 Å². The number of nitrogens with two attached hydrogens (primary N) is 1. The molecule has 0 saturated heterocycles. The molecule has 0 heterocycles. The topological polar surface area (TPSA) is 79.5 Å². The summed E-state index contributed by atoms with van der Waals surface area (Å²) in [7, 11) is 0. The van der Waals surface area contributed by atoms with Gasteiger partial charge in [0.15, 0.2) is 5.96 Å². The van der Waals surface area contributed by atoms with E-state index in [1.54, 1.807) is 0 Å². The summed E-state index contributed by atoms with van der Waals surface area (Å²) in [6, 6.07) is 8.00. The summed E-state index contributed by atoms with van der Waals surface area (Å²) < 4.78 is 0. The van der Waals surface area contributed by atoms with Crippen LogP contribution in [-0.4, -0.2) is 31.0 Å². The fourth-order valence-electron chi connectivity index (χ4n) is 2.91. The highest BCUT2D eigenvalue weighted by molar-refractivity contribution is 14.0. The smallest absolute Gasteiger partial charge is 0.251 e. The van der Waals surface area contributed by atoms with E-state index in [1.807, 2.05) is 31.2 Å². The number of carbonyl (C=O) groups is 1. The Kier molecular flexibility index (Phi) is 9.75. The van der Waals surface area contributed by atoms with E-state index in [4.69, 9.17) is 5.73 Å². The van der Waals surface area contributed by atoms with Gasteiger partial charge in [0.25, 0.3) is 5.91 Å². The van der Waals surface area contributed by atoms with Gasteiger partial charge in [-0.3, -0.25) is 9.79 Å². The highest BCUT2D eigenvalue weighted by atomic mass is 127. The normalized spacial score (nSPS) is 16.0. The third-order valence-electron chi connectivity index (χ3n) is 4.17. The van der Waals surface area contributed by atoms with Gasteiger partial charge < -0.3 is 16.4 Å². The number of rotatable bonds is 5. The zero-order valence-corrected chi connectivity index (χ0v) is 16.7. The molecule has 1 aliphatic rings.